The van der Waals surface area contributed by atoms with Gasteiger partial charge in [-0.15, -0.1) is 0 Å². The third kappa shape index (κ3) is 8.16. The summed E-state index contributed by atoms with van der Waals surface area (Å²) in [5, 5.41) is 0. The second-order valence-electron chi connectivity index (χ2n) is 7.26. The molecule has 1 atom stereocenters. The standard InChI is InChI=1S/C27H30O6/c1-3-30-27(28)26(29-2)20-21-10-12-22(13-11-21)31-18-7-19-32-23-14-16-25(17-15-23)33-24-8-5-4-6-9-24/h4-6,8-17,26H,3,7,18-20H2,1-2H3/t26-/m0/s1. The van der Waals surface area contributed by atoms with Crippen LogP contribution in [0.5, 0.6) is 23.0 Å². The molecule has 0 saturated carbocycles. The van der Waals surface area contributed by atoms with Crippen LogP contribution < -0.4 is 14.2 Å². The number of hydrogen-bond donors (Lipinski definition) is 0. The Morgan fingerprint density at radius 1 is 0.758 bits per heavy atom. The average Bonchev–Trinajstić information content (AvgIpc) is 2.85. The van der Waals surface area contributed by atoms with Gasteiger partial charge in [0.05, 0.1) is 19.8 Å². The minimum absolute atomic E-state index is 0.336. The summed E-state index contributed by atoms with van der Waals surface area (Å²) in [6, 6.07) is 24.8. The van der Waals surface area contributed by atoms with E-state index in [0.29, 0.717) is 26.2 Å². The van der Waals surface area contributed by atoms with Crippen molar-refractivity contribution in [2.24, 2.45) is 0 Å². The largest absolute Gasteiger partial charge is 0.493 e. The average molecular weight is 451 g/mol. The van der Waals surface area contributed by atoms with Crippen molar-refractivity contribution in [3.63, 3.8) is 0 Å². The molecule has 0 saturated heterocycles. The van der Waals surface area contributed by atoms with Crippen LogP contribution in [0.3, 0.4) is 0 Å². The predicted molar refractivity (Wildman–Crippen MR) is 126 cm³/mol. The number of carbonyl (C=O) groups excluding carboxylic acids is 1. The van der Waals surface area contributed by atoms with Crippen molar-refractivity contribution in [1.29, 1.82) is 0 Å². The van der Waals surface area contributed by atoms with E-state index in [-0.39, 0.29) is 5.97 Å². The number of hydrogen-bond acceptors (Lipinski definition) is 6. The van der Waals surface area contributed by atoms with Gasteiger partial charge in [0.1, 0.15) is 23.0 Å². The molecule has 0 N–H and O–H groups in total. The quantitative estimate of drug-likeness (QED) is 0.255. The lowest BCUT2D eigenvalue weighted by Gasteiger charge is -2.14. The molecule has 3 rings (SSSR count). The van der Waals surface area contributed by atoms with Crippen LogP contribution >= 0.6 is 0 Å². The zero-order chi connectivity index (χ0) is 23.3. The van der Waals surface area contributed by atoms with Gasteiger partial charge in [-0.3, -0.25) is 0 Å². The Bertz CT molecular complexity index is 954. The molecule has 0 aliphatic carbocycles. The van der Waals surface area contributed by atoms with E-state index in [1.807, 2.05) is 78.9 Å². The van der Waals surface area contributed by atoms with Crippen molar-refractivity contribution in [3.8, 4) is 23.0 Å². The van der Waals surface area contributed by atoms with Gasteiger partial charge < -0.3 is 23.7 Å². The molecular weight excluding hydrogens is 420 g/mol. The summed E-state index contributed by atoms with van der Waals surface area (Å²) in [6.07, 6.45) is 0.602. The van der Waals surface area contributed by atoms with E-state index >= 15 is 0 Å². The minimum atomic E-state index is -0.604. The number of esters is 1. The second kappa shape index (κ2) is 13.1. The molecule has 0 spiro atoms. The number of methoxy groups -OCH3 is 1. The minimum Gasteiger partial charge on any atom is -0.493 e. The van der Waals surface area contributed by atoms with E-state index in [1.54, 1.807) is 6.92 Å². The maximum absolute atomic E-state index is 11.9. The zero-order valence-electron chi connectivity index (χ0n) is 19.1. The summed E-state index contributed by atoms with van der Waals surface area (Å²) in [4.78, 5) is 11.9. The summed E-state index contributed by atoms with van der Waals surface area (Å²) < 4.78 is 27.6. The van der Waals surface area contributed by atoms with Gasteiger partial charge in [-0.1, -0.05) is 30.3 Å². The molecule has 0 amide bonds. The first-order valence-electron chi connectivity index (χ1n) is 11.0. The van der Waals surface area contributed by atoms with Crippen molar-refractivity contribution in [2.75, 3.05) is 26.9 Å². The molecule has 0 heterocycles. The van der Waals surface area contributed by atoms with E-state index < -0.39 is 6.10 Å². The molecule has 0 aliphatic heterocycles. The van der Waals surface area contributed by atoms with Crippen molar-refractivity contribution in [1.82, 2.24) is 0 Å². The van der Waals surface area contributed by atoms with Crippen molar-refractivity contribution in [3.05, 3.63) is 84.4 Å². The Morgan fingerprint density at radius 2 is 1.30 bits per heavy atom. The number of carbonyl (C=O) groups is 1. The fourth-order valence-corrected chi connectivity index (χ4v) is 3.10. The molecule has 3 aromatic rings. The van der Waals surface area contributed by atoms with Crippen LogP contribution in [-0.4, -0.2) is 39.0 Å². The lowest BCUT2D eigenvalue weighted by atomic mass is 10.1. The van der Waals surface area contributed by atoms with Gasteiger partial charge in [0.15, 0.2) is 6.10 Å². The van der Waals surface area contributed by atoms with Crippen molar-refractivity contribution in [2.45, 2.75) is 25.9 Å². The van der Waals surface area contributed by atoms with Crippen LogP contribution in [0.15, 0.2) is 78.9 Å². The van der Waals surface area contributed by atoms with Crippen molar-refractivity contribution >= 4 is 5.97 Å². The molecule has 0 aliphatic rings. The molecule has 6 nitrogen and oxygen atoms in total. The first-order valence-corrected chi connectivity index (χ1v) is 11.0. The van der Waals surface area contributed by atoms with E-state index in [0.717, 1.165) is 35.0 Å². The van der Waals surface area contributed by atoms with E-state index in [2.05, 4.69) is 0 Å². The summed E-state index contributed by atoms with van der Waals surface area (Å²) in [6.45, 7) is 3.20. The Kier molecular flexibility index (Phi) is 9.61. The van der Waals surface area contributed by atoms with Gasteiger partial charge in [-0.25, -0.2) is 4.79 Å². The van der Waals surface area contributed by atoms with Gasteiger partial charge in [0, 0.05) is 20.0 Å². The van der Waals surface area contributed by atoms with E-state index in [9.17, 15) is 4.79 Å². The lowest BCUT2D eigenvalue weighted by molar-refractivity contribution is -0.154. The first-order chi connectivity index (χ1) is 16.2. The predicted octanol–water partition coefficient (Wildman–Crippen LogP) is 5.45. The summed E-state index contributed by atoms with van der Waals surface area (Å²) in [7, 11) is 1.51. The third-order valence-corrected chi connectivity index (χ3v) is 4.81. The highest BCUT2D eigenvalue weighted by atomic mass is 16.6. The topological polar surface area (TPSA) is 63.2 Å². The van der Waals surface area contributed by atoms with Crippen LogP contribution in [-0.2, 0) is 20.7 Å². The fraction of sp³-hybridized carbons (Fsp3) is 0.296. The molecule has 0 aromatic heterocycles. The smallest absolute Gasteiger partial charge is 0.335 e. The van der Waals surface area contributed by atoms with Gasteiger partial charge in [0.25, 0.3) is 0 Å². The van der Waals surface area contributed by atoms with Crippen LogP contribution in [0, 0.1) is 0 Å². The van der Waals surface area contributed by atoms with Crippen LogP contribution in [0.4, 0.5) is 0 Å². The molecule has 0 radical (unpaired) electrons. The molecular formula is C27H30O6. The SMILES string of the molecule is CCOC(=O)[C@H](Cc1ccc(OCCCOc2ccc(Oc3ccccc3)cc2)cc1)OC. The maximum atomic E-state index is 11.9. The highest BCUT2D eigenvalue weighted by Gasteiger charge is 2.19. The highest BCUT2D eigenvalue weighted by Crippen LogP contribution is 2.23. The molecule has 0 unspecified atom stereocenters. The normalized spacial score (nSPS) is 11.5. The summed E-state index contributed by atoms with van der Waals surface area (Å²) in [5.74, 6) is 2.77. The maximum Gasteiger partial charge on any atom is 0.335 e. The summed E-state index contributed by atoms with van der Waals surface area (Å²) in [5.41, 5.74) is 0.977. The lowest BCUT2D eigenvalue weighted by Crippen LogP contribution is -2.27. The van der Waals surface area contributed by atoms with Crippen LogP contribution in [0.1, 0.15) is 18.9 Å². The van der Waals surface area contributed by atoms with Crippen LogP contribution in [0.2, 0.25) is 0 Å². The number of ether oxygens (including phenoxy) is 5. The zero-order valence-corrected chi connectivity index (χ0v) is 19.1. The first kappa shape index (κ1) is 24.1. The fourth-order valence-electron chi connectivity index (χ4n) is 3.10. The molecule has 0 bridgehead atoms. The Hall–Kier alpha value is -3.51. The molecule has 174 valence electrons. The number of rotatable bonds is 13. The second-order valence-corrected chi connectivity index (χ2v) is 7.26. The van der Waals surface area contributed by atoms with Gasteiger partial charge >= 0.3 is 5.97 Å². The Morgan fingerprint density at radius 3 is 1.88 bits per heavy atom. The van der Waals surface area contributed by atoms with E-state index in [1.165, 1.54) is 7.11 Å². The molecule has 6 heteroatoms. The van der Waals surface area contributed by atoms with Gasteiger partial charge in [-0.05, 0) is 61.0 Å². The monoisotopic (exact) mass is 450 g/mol. The third-order valence-electron chi connectivity index (χ3n) is 4.81. The number of benzene rings is 3. The number of para-hydroxylation sites is 1. The summed E-state index contributed by atoms with van der Waals surface area (Å²) >= 11 is 0. The highest BCUT2D eigenvalue weighted by molar-refractivity contribution is 5.75. The van der Waals surface area contributed by atoms with Gasteiger partial charge in [0.2, 0.25) is 0 Å². The molecule has 33 heavy (non-hydrogen) atoms. The molecule has 3 aromatic carbocycles. The van der Waals surface area contributed by atoms with E-state index in [4.69, 9.17) is 23.7 Å². The van der Waals surface area contributed by atoms with Crippen LogP contribution in [0.25, 0.3) is 0 Å². The Balaban J connectivity index is 1.35. The van der Waals surface area contributed by atoms with Gasteiger partial charge in [-0.2, -0.15) is 0 Å². The molecule has 0 fully saturated rings. The van der Waals surface area contributed by atoms with Crippen molar-refractivity contribution < 1.29 is 28.5 Å². The Labute approximate surface area is 195 Å².